The van der Waals surface area contributed by atoms with E-state index in [-0.39, 0.29) is 12.3 Å². The van der Waals surface area contributed by atoms with Gasteiger partial charge in [-0.25, -0.2) is 4.98 Å². The van der Waals surface area contributed by atoms with Gasteiger partial charge in [0.25, 0.3) is 5.91 Å². The van der Waals surface area contributed by atoms with E-state index in [9.17, 15) is 9.59 Å². The maximum Gasteiger partial charge on any atom is 0.270 e. The molecule has 2 amide bonds. The van der Waals surface area contributed by atoms with E-state index in [2.05, 4.69) is 20.8 Å². The molecule has 2 aromatic heterocycles. The fourth-order valence-corrected chi connectivity index (χ4v) is 3.19. The predicted molar refractivity (Wildman–Crippen MR) is 115 cm³/mol. The SMILES string of the molecule is O=C(CCc1ccccc1)NNC(=O)c1cc(-c2ccncc2)nc2ccccc12. The Bertz CT molecular complexity index is 1180. The van der Waals surface area contributed by atoms with Crippen LogP contribution in [0.2, 0.25) is 0 Å². The number of amides is 2. The van der Waals surface area contributed by atoms with E-state index >= 15 is 0 Å². The van der Waals surface area contributed by atoms with Crippen LogP contribution < -0.4 is 10.9 Å². The van der Waals surface area contributed by atoms with E-state index in [1.54, 1.807) is 18.5 Å². The lowest BCUT2D eigenvalue weighted by atomic mass is 10.0. The highest BCUT2D eigenvalue weighted by atomic mass is 16.2. The van der Waals surface area contributed by atoms with Crippen LogP contribution in [0.3, 0.4) is 0 Å². The van der Waals surface area contributed by atoms with Gasteiger partial charge in [-0.1, -0.05) is 48.5 Å². The van der Waals surface area contributed by atoms with Gasteiger partial charge in [-0.15, -0.1) is 0 Å². The summed E-state index contributed by atoms with van der Waals surface area (Å²) in [7, 11) is 0. The maximum atomic E-state index is 12.9. The van der Waals surface area contributed by atoms with Crippen LogP contribution in [0.25, 0.3) is 22.2 Å². The smallest absolute Gasteiger partial charge is 0.270 e. The van der Waals surface area contributed by atoms with Crippen LogP contribution in [0.4, 0.5) is 0 Å². The van der Waals surface area contributed by atoms with E-state index in [4.69, 9.17) is 0 Å². The number of carbonyl (C=O) groups excluding carboxylic acids is 2. The lowest BCUT2D eigenvalue weighted by molar-refractivity contribution is -0.121. The van der Waals surface area contributed by atoms with E-state index in [1.807, 2.05) is 66.7 Å². The third kappa shape index (κ3) is 4.50. The molecule has 2 aromatic carbocycles. The van der Waals surface area contributed by atoms with Crippen LogP contribution in [0.1, 0.15) is 22.3 Å². The maximum absolute atomic E-state index is 12.9. The minimum atomic E-state index is -0.392. The largest absolute Gasteiger partial charge is 0.273 e. The molecule has 6 heteroatoms. The standard InChI is InChI=1S/C24H20N4O2/c29-23(11-10-17-6-2-1-3-7-17)27-28-24(30)20-16-22(18-12-14-25-15-13-18)26-21-9-5-4-8-19(20)21/h1-9,12-16H,10-11H2,(H,27,29)(H,28,30). The summed E-state index contributed by atoms with van der Waals surface area (Å²) < 4.78 is 0. The molecule has 0 aliphatic rings. The molecule has 30 heavy (non-hydrogen) atoms. The van der Waals surface area contributed by atoms with Gasteiger partial charge in [0, 0.05) is 29.8 Å². The van der Waals surface area contributed by atoms with E-state index in [1.165, 1.54) is 0 Å². The zero-order valence-corrected chi connectivity index (χ0v) is 16.2. The summed E-state index contributed by atoms with van der Waals surface area (Å²) in [4.78, 5) is 33.7. The van der Waals surface area contributed by atoms with E-state index < -0.39 is 5.91 Å². The molecule has 6 nitrogen and oxygen atoms in total. The molecule has 0 aliphatic heterocycles. The number of benzene rings is 2. The number of carbonyl (C=O) groups is 2. The van der Waals surface area contributed by atoms with Crippen LogP contribution in [-0.2, 0) is 11.2 Å². The summed E-state index contributed by atoms with van der Waals surface area (Å²) >= 11 is 0. The lowest BCUT2D eigenvalue weighted by Crippen LogP contribution is -2.41. The quantitative estimate of drug-likeness (QED) is 0.504. The van der Waals surface area contributed by atoms with Crippen LogP contribution in [0.15, 0.2) is 85.2 Å². The summed E-state index contributed by atoms with van der Waals surface area (Å²) in [5.74, 6) is -0.642. The van der Waals surface area contributed by atoms with Crippen LogP contribution in [0, 0.1) is 0 Å². The first-order chi connectivity index (χ1) is 14.7. The highest BCUT2D eigenvalue weighted by Gasteiger charge is 2.14. The third-order valence-corrected chi connectivity index (χ3v) is 4.74. The third-order valence-electron chi connectivity index (χ3n) is 4.74. The monoisotopic (exact) mass is 396 g/mol. The fourth-order valence-electron chi connectivity index (χ4n) is 3.19. The molecular weight excluding hydrogens is 376 g/mol. The van der Waals surface area contributed by atoms with E-state index in [0.29, 0.717) is 28.6 Å². The molecule has 0 spiro atoms. The number of nitrogens with one attached hydrogen (secondary N) is 2. The Labute approximate surface area is 174 Å². The Balaban J connectivity index is 1.50. The van der Waals surface area contributed by atoms with Gasteiger partial charge in [-0.2, -0.15) is 0 Å². The molecule has 0 fully saturated rings. The highest BCUT2D eigenvalue weighted by molar-refractivity contribution is 6.07. The molecule has 0 aliphatic carbocycles. The molecular formula is C24H20N4O2. The molecule has 0 bridgehead atoms. The zero-order chi connectivity index (χ0) is 20.8. The Morgan fingerprint density at radius 3 is 2.37 bits per heavy atom. The van der Waals surface area contributed by atoms with Gasteiger partial charge in [0.15, 0.2) is 0 Å². The van der Waals surface area contributed by atoms with Crippen LogP contribution in [0.5, 0.6) is 0 Å². The van der Waals surface area contributed by atoms with Crippen molar-refractivity contribution in [2.75, 3.05) is 0 Å². The summed E-state index contributed by atoms with van der Waals surface area (Å²) in [6, 6.07) is 22.6. The molecule has 4 rings (SSSR count). The normalized spacial score (nSPS) is 10.5. The second-order valence-electron chi connectivity index (χ2n) is 6.80. The molecule has 2 heterocycles. The Hall–Kier alpha value is -4.06. The van der Waals surface area contributed by atoms with Gasteiger partial charge in [0.2, 0.25) is 5.91 Å². The first kappa shape index (κ1) is 19.3. The topological polar surface area (TPSA) is 84.0 Å². The van der Waals surface area contributed by atoms with Crippen molar-refractivity contribution >= 4 is 22.7 Å². The van der Waals surface area contributed by atoms with Gasteiger partial charge < -0.3 is 0 Å². The molecule has 2 N–H and O–H groups in total. The molecule has 0 saturated carbocycles. The lowest BCUT2D eigenvalue weighted by Gasteiger charge is -2.11. The number of pyridine rings is 2. The average molecular weight is 396 g/mol. The van der Waals surface area contributed by atoms with Crippen molar-refractivity contribution in [3.8, 4) is 11.3 Å². The number of hydrogen-bond acceptors (Lipinski definition) is 4. The number of fused-ring (bicyclic) bond motifs is 1. The van der Waals surface area contributed by atoms with Gasteiger partial charge in [0.1, 0.15) is 0 Å². The number of para-hydroxylation sites is 1. The molecule has 0 saturated heterocycles. The number of hydrazine groups is 1. The molecule has 148 valence electrons. The van der Waals surface area contributed by atoms with Crippen molar-refractivity contribution in [2.24, 2.45) is 0 Å². The van der Waals surface area contributed by atoms with Gasteiger partial charge >= 0.3 is 0 Å². The van der Waals surface area contributed by atoms with Gasteiger partial charge in [0.05, 0.1) is 16.8 Å². The molecule has 4 aromatic rings. The molecule has 0 unspecified atom stereocenters. The van der Waals surface area contributed by atoms with Crippen molar-refractivity contribution in [3.63, 3.8) is 0 Å². The Morgan fingerprint density at radius 1 is 0.833 bits per heavy atom. The first-order valence-electron chi connectivity index (χ1n) is 9.64. The summed E-state index contributed by atoms with van der Waals surface area (Å²) in [5, 5.41) is 0.714. The second-order valence-corrected chi connectivity index (χ2v) is 6.80. The molecule has 0 atom stereocenters. The molecule has 0 radical (unpaired) electrons. The number of aryl methyl sites for hydroxylation is 1. The number of aromatic nitrogens is 2. The number of hydrogen-bond donors (Lipinski definition) is 2. The Kier molecular flexibility index (Phi) is 5.75. The van der Waals surface area contributed by atoms with Crippen molar-refractivity contribution in [2.45, 2.75) is 12.8 Å². The van der Waals surface area contributed by atoms with Crippen molar-refractivity contribution in [3.05, 3.63) is 96.3 Å². The minimum absolute atomic E-state index is 0.250. The summed E-state index contributed by atoms with van der Waals surface area (Å²) in [5.41, 5.74) is 8.77. The number of nitrogens with zero attached hydrogens (tertiary/aromatic N) is 2. The second kappa shape index (κ2) is 8.96. The number of rotatable bonds is 5. The highest BCUT2D eigenvalue weighted by Crippen LogP contribution is 2.24. The predicted octanol–water partition coefficient (Wildman–Crippen LogP) is 3.69. The average Bonchev–Trinajstić information content (AvgIpc) is 2.81. The van der Waals surface area contributed by atoms with Gasteiger partial charge in [-0.3, -0.25) is 25.4 Å². The van der Waals surface area contributed by atoms with E-state index in [0.717, 1.165) is 11.1 Å². The van der Waals surface area contributed by atoms with Crippen molar-refractivity contribution in [1.29, 1.82) is 0 Å². The van der Waals surface area contributed by atoms with Crippen LogP contribution >= 0.6 is 0 Å². The van der Waals surface area contributed by atoms with Crippen LogP contribution in [-0.4, -0.2) is 21.8 Å². The minimum Gasteiger partial charge on any atom is -0.273 e. The van der Waals surface area contributed by atoms with Gasteiger partial charge in [-0.05, 0) is 36.2 Å². The van der Waals surface area contributed by atoms with Crippen molar-refractivity contribution < 1.29 is 9.59 Å². The zero-order valence-electron chi connectivity index (χ0n) is 16.2. The Morgan fingerprint density at radius 2 is 1.57 bits per heavy atom. The summed E-state index contributed by atoms with van der Waals surface area (Å²) in [6.45, 7) is 0. The fraction of sp³-hybridized carbons (Fsp3) is 0.0833. The van der Waals surface area contributed by atoms with Crippen molar-refractivity contribution in [1.82, 2.24) is 20.8 Å². The summed E-state index contributed by atoms with van der Waals surface area (Å²) in [6.07, 6.45) is 4.24. The first-order valence-corrected chi connectivity index (χ1v) is 9.64.